The molecule has 1 amide bonds. The van der Waals surface area contributed by atoms with E-state index >= 15 is 0 Å². The maximum atomic E-state index is 13.9. The van der Waals surface area contributed by atoms with Gasteiger partial charge in [-0.2, -0.15) is 0 Å². The summed E-state index contributed by atoms with van der Waals surface area (Å²) in [4.78, 5) is 11.5. The van der Waals surface area contributed by atoms with Crippen molar-refractivity contribution >= 4 is 32.4 Å². The van der Waals surface area contributed by atoms with E-state index in [9.17, 15) is 22.7 Å². The van der Waals surface area contributed by atoms with E-state index in [1.54, 1.807) is 48.5 Å². The van der Waals surface area contributed by atoms with Crippen LogP contribution in [-0.4, -0.2) is 32.6 Å². The molecule has 0 aliphatic rings. The average molecular weight is 431 g/mol. The highest BCUT2D eigenvalue weighted by Crippen LogP contribution is 2.29. The predicted octanol–water partition coefficient (Wildman–Crippen LogP) is 3.07. The van der Waals surface area contributed by atoms with Crippen molar-refractivity contribution in [2.75, 3.05) is 18.5 Å². The lowest BCUT2D eigenvalue weighted by Gasteiger charge is -2.17. The van der Waals surface area contributed by atoms with Gasteiger partial charge in [0.15, 0.2) is 0 Å². The topological polar surface area (TPSA) is 95.5 Å². The molecule has 0 aliphatic carbocycles. The zero-order valence-corrected chi connectivity index (χ0v) is 17.2. The van der Waals surface area contributed by atoms with Gasteiger partial charge in [0, 0.05) is 36.5 Å². The fourth-order valence-electron chi connectivity index (χ4n) is 3.29. The van der Waals surface area contributed by atoms with Crippen LogP contribution in [0.4, 0.5) is 10.1 Å². The monoisotopic (exact) mass is 430 g/mol. The van der Waals surface area contributed by atoms with Crippen LogP contribution in [0.25, 0.3) is 10.8 Å². The van der Waals surface area contributed by atoms with Crippen LogP contribution in [0.3, 0.4) is 0 Å². The average Bonchev–Trinajstić information content (AvgIpc) is 2.72. The van der Waals surface area contributed by atoms with Gasteiger partial charge in [0.05, 0.1) is 4.90 Å². The highest BCUT2D eigenvalue weighted by molar-refractivity contribution is 7.89. The normalized spacial score (nSPS) is 12.6. The summed E-state index contributed by atoms with van der Waals surface area (Å²) in [6, 6.07) is 16.1. The van der Waals surface area contributed by atoms with Gasteiger partial charge < -0.3 is 10.4 Å². The lowest BCUT2D eigenvalue weighted by Crippen LogP contribution is -2.32. The van der Waals surface area contributed by atoms with Crippen LogP contribution in [0.1, 0.15) is 12.5 Å². The van der Waals surface area contributed by atoms with Gasteiger partial charge in [-0.15, -0.1) is 0 Å². The molecule has 1 atom stereocenters. The van der Waals surface area contributed by atoms with Crippen LogP contribution in [0, 0.1) is 11.7 Å². The molecular formula is C22H23FN2O4S. The fraction of sp³-hybridized carbons (Fsp3) is 0.227. The number of hydrogen-bond acceptors (Lipinski definition) is 4. The third kappa shape index (κ3) is 5.02. The molecular weight excluding hydrogens is 407 g/mol. The van der Waals surface area contributed by atoms with Crippen molar-refractivity contribution in [2.45, 2.75) is 18.2 Å². The molecule has 1 unspecified atom stereocenters. The van der Waals surface area contributed by atoms with Crippen LogP contribution in [0.15, 0.2) is 65.6 Å². The third-order valence-electron chi connectivity index (χ3n) is 4.77. The Bertz CT molecular complexity index is 1160. The molecule has 3 rings (SSSR count). The standard InChI is InChI=1S/C22H23FN2O4S/c1-15(27)25-21-10-11-22(19-8-4-3-7-18(19)21)30(28,29)24-13-16(14-26)12-17-6-2-5-9-20(17)23/h2-11,16,24,26H,12-14H2,1H3,(H,25,27). The molecule has 3 N–H and O–H groups in total. The Balaban J connectivity index is 1.84. The van der Waals surface area contributed by atoms with Crippen molar-refractivity contribution in [3.63, 3.8) is 0 Å². The maximum Gasteiger partial charge on any atom is 0.241 e. The number of carbonyl (C=O) groups is 1. The van der Waals surface area contributed by atoms with Crippen molar-refractivity contribution in [1.29, 1.82) is 0 Å². The Morgan fingerprint density at radius 2 is 1.70 bits per heavy atom. The summed E-state index contributed by atoms with van der Waals surface area (Å²) in [6.45, 7) is 1.04. The molecule has 30 heavy (non-hydrogen) atoms. The first-order valence-corrected chi connectivity index (χ1v) is 10.9. The van der Waals surface area contributed by atoms with Crippen LogP contribution < -0.4 is 10.0 Å². The Morgan fingerprint density at radius 1 is 1.03 bits per heavy atom. The van der Waals surface area contributed by atoms with Gasteiger partial charge in [0.2, 0.25) is 15.9 Å². The Hall–Kier alpha value is -2.81. The van der Waals surface area contributed by atoms with Crippen LogP contribution in [-0.2, 0) is 21.2 Å². The van der Waals surface area contributed by atoms with E-state index in [-0.39, 0.29) is 30.4 Å². The van der Waals surface area contributed by atoms with Gasteiger partial charge in [0.1, 0.15) is 5.82 Å². The molecule has 0 aliphatic heterocycles. The fourth-order valence-corrected chi connectivity index (χ4v) is 4.61. The number of sulfonamides is 1. The van der Waals surface area contributed by atoms with Crippen molar-refractivity contribution in [3.8, 4) is 0 Å². The molecule has 0 spiro atoms. The smallest absolute Gasteiger partial charge is 0.241 e. The molecule has 0 aromatic heterocycles. The highest BCUT2D eigenvalue weighted by Gasteiger charge is 2.21. The molecule has 0 bridgehead atoms. The number of nitrogens with one attached hydrogen (secondary N) is 2. The summed E-state index contributed by atoms with van der Waals surface area (Å²) < 4.78 is 42.3. The van der Waals surface area contributed by atoms with Crippen molar-refractivity contribution < 1.29 is 22.7 Å². The quantitative estimate of drug-likeness (QED) is 0.512. The second-order valence-corrected chi connectivity index (χ2v) is 8.77. The highest BCUT2D eigenvalue weighted by atomic mass is 32.2. The Morgan fingerprint density at radius 3 is 2.37 bits per heavy atom. The summed E-state index contributed by atoms with van der Waals surface area (Å²) in [5, 5.41) is 13.4. The first-order valence-electron chi connectivity index (χ1n) is 9.45. The number of anilines is 1. The van der Waals surface area contributed by atoms with E-state index in [2.05, 4.69) is 10.0 Å². The number of rotatable bonds is 8. The number of carbonyl (C=O) groups excluding carboxylic acids is 1. The number of fused-ring (bicyclic) bond motifs is 1. The Labute approximate surface area is 174 Å². The number of amides is 1. The molecule has 0 heterocycles. The number of aliphatic hydroxyl groups excluding tert-OH is 1. The van der Waals surface area contributed by atoms with Crippen molar-refractivity contribution in [3.05, 3.63) is 72.0 Å². The minimum Gasteiger partial charge on any atom is -0.396 e. The summed E-state index contributed by atoms with van der Waals surface area (Å²) in [5.41, 5.74) is 0.936. The maximum absolute atomic E-state index is 13.9. The number of hydrogen-bond donors (Lipinski definition) is 3. The second kappa shape index (κ2) is 9.34. The summed E-state index contributed by atoms with van der Waals surface area (Å²) in [7, 11) is -3.91. The number of benzene rings is 3. The van der Waals surface area contributed by atoms with Gasteiger partial charge in [-0.25, -0.2) is 17.5 Å². The largest absolute Gasteiger partial charge is 0.396 e. The summed E-state index contributed by atoms with van der Waals surface area (Å²) in [5.74, 6) is -1.13. The molecule has 0 fully saturated rings. The number of halogens is 1. The zero-order chi connectivity index (χ0) is 21.7. The molecule has 0 saturated carbocycles. The summed E-state index contributed by atoms with van der Waals surface area (Å²) in [6.07, 6.45) is 0.202. The second-order valence-electron chi connectivity index (χ2n) is 7.03. The Kier molecular flexibility index (Phi) is 6.81. The molecule has 0 radical (unpaired) electrons. The molecule has 3 aromatic carbocycles. The van der Waals surface area contributed by atoms with Gasteiger partial charge in [-0.1, -0.05) is 42.5 Å². The van der Waals surface area contributed by atoms with Gasteiger partial charge in [-0.3, -0.25) is 4.79 Å². The van der Waals surface area contributed by atoms with E-state index in [1.165, 1.54) is 19.1 Å². The first kappa shape index (κ1) is 21.9. The lowest BCUT2D eigenvalue weighted by molar-refractivity contribution is -0.114. The van der Waals surface area contributed by atoms with Crippen molar-refractivity contribution in [1.82, 2.24) is 4.72 Å². The van der Waals surface area contributed by atoms with Gasteiger partial charge in [0.25, 0.3) is 0 Å². The SMILES string of the molecule is CC(=O)Nc1ccc(S(=O)(=O)NCC(CO)Cc2ccccc2F)c2ccccc12. The predicted molar refractivity (Wildman–Crippen MR) is 114 cm³/mol. The van der Waals surface area contributed by atoms with Crippen LogP contribution >= 0.6 is 0 Å². The minimum atomic E-state index is -3.91. The van der Waals surface area contributed by atoms with Gasteiger partial charge in [-0.05, 0) is 36.1 Å². The van der Waals surface area contributed by atoms with E-state index in [0.29, 0.717) is 22.0 Å². The molecule has 158 valence electrons. The molecule has 3 aromatic rings. The zero-order valence-electron chi connectivity index (χ0n) is 16.4. The number of aliphatic hydroxyl groups is 1. The first-order chi connectivity index (χ1) is 14.3. The van der Waals surface area contributed by atoms with Crippen LogP contribution in [0.2, 0.25) is 0 Å². The van der Waals surface area contributed by atoms with E-state index in [1.807, 2.05) is 0 Å². The molecule has 8 heteroatoms. The summed E-state index contributed by atoms with van der Waals surface area (Å²) >= 11 is 0. The van der Waals surface area contributed by atoms with E-state index < -0.39 is 21.8 Å². The minimum absolute atomic E-state index is 0.0467. The van der Waals surface area contributed by atoms with E-state index in [0.717, 1.165) is 0 Å². The molecule has 6 nitrogen and oxygen atoms in total. The van der Waals surface area contributed by atoms with Crippen molar-refractivity contribution in [2.24, 2.45) is 5.92 Å². The van der Waals surface area contributed by atoms with Crippen LogP contribution in [0.5, 0.6) is 0 Å². The molecule has 0 saturated heterocycles. The lowest BCUT2D eigenvalue weighted by atomic mass is 10.00. The third-order valence-corrected chi connectivity index (χ3v) is 6.25. The van der Waals surface area contributed by atoms with Gasteiger partial charge >= 0.3 is 0 Å². The van der Waals surface area contributed by atoms with E-state index in [4.69, 9.17) is 0 Å².